The minimum Gasteiger partial charge on any atom is -0.457 e. The van der Waals surface area contributed by atoms with Crippen LogP contribution in [0.3, 0.4) is 0 Å². The minimum absolute atomic E-state index is 0.171. The van der Waals surface area contributed by atoms with Gasteiger partial charge in [0.1, 0.15) is 6.10 Å². The summed E-state index contributed by atoms with van der Waals surface area (Å²) in [7, 11) is 0. The molecule has 0 heterocycles. The van der Waals surface area contributed by atoms with Crippen LogP contribution in [0.5, 0.6) is 0 Å². The van der Waals surface area contributed by atoms with E-state index < -0.39 is 6.10 Å². The van der Waals surface area contributed by atoms with Crippen molar-refractivity contribution in [1.29, 1.82) is 0 Å². The first-order chi connectivity index (χ1) is 27.2. The van der Waals surface area contributed by atoms with Gasteiger partial charge in [0.05, 0.1) is 13.2 Å². The summed E-state index contributed by atoms with van der Waals surface area (Å²) in [6.45, 7) is 5.35. The molecule has 0 aliphatic heterocycles. The van der Waals surface area contributed by atoms with E-state index in [2.05, 4.69) is 50.3 Å². The molecule has 55 heavy (non-hydrogen) atoms. The summed E-state index contributed by atoms with van der Waals surface area (Å²) in [5, 5.41) is 9.64. The Bertz CT molecular complexity index is 818. The van der Waals surface area contributed by atoms with Gasteiger partial charge in [0.15, 0.2) is 0 Å². The monoisotopic (exact) mass is 773 g/mol. The van der Waals surface area contributed by atoms with E-state index in [1.807, 2.05) is 0 Å². The second-order valence-electron chi connectivity index (χ2n) is 16.5. The fourth-order valence-electron chi connectivity index (χ4n) is 7.24. The summed E-state index contributed by atoms with van der Waals surface area (Å²) in [6, 6.07) is 0. The van der Waals surface area contributed by atoms with E-state index >= 15 is 0 Å². The highest BCUT2D eigenvalue weighted by molar-refractivity contribution is 5.69. The van der Waals surface area contributed by atoms with E-state index in [1.54, 1.807) is 0 Å². The van der Waals surface area contributed by atoms with Crippen LogP contribution in [0.4, 0.5) is 0 Å². The SMILES string of the molecule is CCCCC/C=C\C/C=C\CCCCCCCCCCCC(=O)OC(CO)COCCCCCCCCCCCCCC/C=C\CCCCCCCCCC. The summed E-state index contributed by atoms with van der Waals surface area (Å²) in [5.41, 5.74) is 0. The molecule has 0 fully saturated rings. The zero-order valence-corrected chi connectivity index (χ0v) is 37.2. The third-order valence-electron chi connectivity index (χ3n) is 10.9. The third kappa shape index (κ3) is 46.9. The highest BCUT2D eigenvalue weighted by Gasteiger charge is 2.13. The van der Waals surface area contributed by atoms with Crippen molar-refractivity contribution in [2.75, 3.05) is 19.8 Å². The molecule has 0 rings (SSSR count). The van der Waals surface area contributed by atoms with Crippen molar-refractivity contribution in [2.24, 2.45) is 0 Å². The van der Waals surface area contributed by atoms with Gasteiger partial charge in [-0.1, -0.05) is 217 Å². The molecule has 0 saturated heterocycles. The zero-order valence-electron chi connectivity index (χ0n) is 37.2. The standard InChI is InChI=1S/C51H96O4/c1-3-5-7-9-11-13-15-17-19-21-23-24-25-26-27-29-31-33-35-37-39-41-43-45-47-54-49-50(48-52)55-51(53)46-44-42-40-38-36-34-32-30-28-22-20-18-16-14-12-10-8-6-4-2/h12,14,18,20-21,23,50,52H,3-11,13,15-17,19,22,24-49H2,1-2H3/b14-12-,20-18-,23-21-. The summed E-state index contributed by atoms with van der Waals surface area (Å²) in [5.74, 6) is -0.202. The first-order valence-electron chi connectivity index (χ1n) is 24.6. The normalized spacial score (nSPS) is 12.6. The Kier molecular flexibility index (Phi) is 47.5. The molecular weight excluding hydrogens is 677 g/mol. The molecule has 1 N–H and O–H groups in total. The maximum atomic E-state index is 12.2. The molecule has 0 amide bonds. The number of allylic oxidation sites excluding steroid dienone is 6. The van der Waals surface area contributed by atoms with Gasteiger partial charge in [-0.3, -0.25) is 4.79 Å². The molecular formula is C51H96O4. The van der Waals surface area contributed by atoms with Gasteiger partial charge in [0, 0.05) is 13.0 Å². The van der Waals surface area contributed by atoms with E-state index in [0.29, 0.717) is 19.6 Å². The Morgan fingerprint density at radius 1 is 0.436 bits per heavy atom. The second-order valence-corrected chi connectivity index (χ2v) is 16.5. The van der Waals surface area contributed by atoms with Crippen LogP contribution in [0.15, 0.2) is 36.5 Å². The quantitative estimate of drug-likeness (QED) is 0.0380. The second kappa shape index (κ2) is 48.8. The fraction of sp³-hybridized carbons (Fsp3) is 0.863. The third-order valence-corrected chi connectivity index (χ3v) is 10.9. The van der Waals surface area contributed by atoms with Crippen LogP contribution in [-0.2, 0) is 14.3 Å². The van der Waals surface area contributed by atoms with Gasteiger partial charge in [-0.2, -0.15) is 0 Å². The molecule has 0 radical (unpaired) electrons. The Morgan fingerprint density at radius 2 is 0.764 bits per heavy atom. The van der Waals surface area contributed by atoms with Crippen LogP contribution >= 0.6 is 0 Å². The number of rotatable bonds is 46. The Labute approximate surface area is 344 Å². The molecule has 324 valence electrons. The van der Waals surface area contributed by atoms with Crippen molar-refractivity contribution in [3.8, 4) is 0 Å². The number of aliphatic hydroxyl groups excluding tert-OH is 1. The molecule has 4 nitrogen and oxygen atoms in total. The molecule has 0 aromatic rings. The maximum absolute atomic E-state index is 12.2. The van der Waals surface area contributed by atoms with Gasteiger partial charge in [-0.15, -0.1) is 0 Å². The lowest BCUT2D eigenvalue weighted by molar-refractivity contribution is -0.154. The van der Waals surface area contributed by atoms with Crippen molar-refractivity contribution >= 4 is 5.97 Å². The predicted octanol–water partition coefficient (Wildman–Crippen LogP) is 16.4. The molecule has 0 saturated carbocycles. The number of ether oxygens (including phenoxy) is 2. The topological polar surface area (TPSA) is 55.8 Å². The number of esters is 1. The number of unbranched alkanes of at least 4 members (excludes halogenated alkanes) is 32. The lowest BCUT2D eigenvalue weighted by Crippen LogP contribution is -2.27. The number of carbonyl (C=O) groups excluding carboxylic acids is 1. The van der Waals surface area contributed by atoms with Crippen molar-refractivity contribution in [3.63, 3.8) is 0 Å². The van der Waals surface area contributed by atoms with Crippen LogP contribution in [0.2, 0.25) is 0 Å². The first kappa shape index (κ1) is 53.6. The van der Waals surface area contributed by atoms with E-state index in [1.165, 1.54) is 212 Å². The van der Waals surface area contributed by atoms with Gasteiger partial charge < -0.3 is 14.6 Å². The van der Waals surface area contributed by atoms with Gasteiger partial charge in [0.2, 0.25) is 0 Å². The van der Waals surface area contributed by atoms with Crippen molar-refractivity contribution in [3.05, 3.63) is 36.5 Å². The van der Waals surface area contributed by atoms with E-state index in [9.17, 15) is 9.90 Å². The molecule has 0 aromatic heterocycles. The number of hydrogen-bond acceptors (Lipinski definition) is 4. The van der Waals surface area contributed by atoms with Crippen molar-refractivity contribution in [1.82, 2.24) is 0 Å². The predicted molar refractivity (Wildman–Crippen MR) is 242 cm³/mol. The molecule has 1 unspecified atom stereocenters. The van der Waals surface area contributed by atoms with E-state index in [4.69, 9.17) is 9.47 Å². The molecule has 0 bridgehead atoms. The number of aliphatic hydroxyl groups is 1. The Morgan fingerprint density at radius 3 is 1.18 bits per heavy atom. The van der Waals surface area contributed by atoms with Crippen LogP contribution in [0.25, 0.3) is 0 Å². The van der Waals surface area contributed by atoms with Crippen molar-refractivity contribution in [2.45, 2.75) is 264 Å². The van der Waals surface area contributed by atoms with Crippen LogP contribution in [0.1, 0.15) is 258 Å². The number of carbonyl (C=O) groups is 1. The van der Waals surface area contributed by atoms with E-state index in [-0.39, 0.29) is 12.6 Å². The fourth-order valence-corrected chi connectivity index (χ4v) is 7.24. The van der Waals surface area contributed by atoms with Gasteiger partial charge >= 0.3 is 5.97 Å². The summed E-state index contributed by atoms with van der Waals surface area (Å²) < 4.78 is 11.2. The summed E-state index contributed by atoms with van der Waals surface area (Å²) >= 11 is 0. The molecule has 1 atom stereocenters. The maximum Gasteiger partial charge on any atom is 0.306 e. The molecule has 0 aromatic carbocycles. The van der Waals surface area contributed by atoms with Crippen molar-refractivity contribution < 1.29 is 19.4 Å². The lowest BCUT2D eigenvalue weighted by Gasteiger charge is -2.16. The first-order valence-corrected chi connectivity index (χ1v) is 24.6. The minimum atomic E-state index is -0.536. The molecule has 4 heteroatoms. The average molecular weight is 773 g/mol. The van der Waals surface area contributed by atoms with Crippen LogP contribution < -0.4 is 0 Å². The van der Waals surface area contributed by atoms with Gasteiger partial charge in [-0.05, 0) is 70.6 Å². The summed E-state index contributed by atoms with van der Waals surface area (Å²) in [6.07, 6.45) is 62.3. The summed E-state index contributed by atoms with van der Waals surface area (Å²) in [4.78, 5) is 12.2. The van der Waals surface area contributed by atoms with Gasteiger partial charge in [0.25, 0.3) is 0 Å². The largest absolute Gasteiger partial charge is 0.457 e. The average Bonchev–Trinajstić information content (AvgIpc) is 3.19. The molecule has 0 aliphatic carbocycles. The lowest BCUT2D eigenvalue weighted by atomic mass is 10.0. The highest BCUT2D eigenvalue weighted by atomic mass is 16.6. The Balaban J connectivity index is 3.39. The highest BCUT2D eigenvalue weighted by Crippen LogP contribution is 2.15. The molecule has 0 spiro atoms. The smallest absolute Gasteiger partial charge is 0.306 e. The van der Waals surface area contributed by atoms with E-state index in [0.717, 1.165) is 25.7 Å². The van der Waals surface area contributed by atoms with Crippen LogP contribution in [-0.4, -0.2) is 37.0 Å². The van der Waals surface area contributed by atoms with Crippen LogP contribution in [0, 0.1) is 0 Å². The number of hydrogen-bond donors (Lipinski definition) is 1. The van der Waals surface area contributed by atoms with Gasteiger partial charge in [-0.25, -0.2) is 0 Å². The molecule has 0 aliphatic rings. The Hall–Kier alpha value is -1.39. The zero-order chi connectivity index (χ0) is 39.8.